The first-order valence-corrected chi connectivity index (χ1v) is 5.15. The van der Waals surface area contributed by atoms with Crippen molar-refractivity contribution < 1.29 is 9.53 Å². The number of nitrogens with zero attached hydrogens (tertiary/aromatic N) is 2. The second kappa shape index (κ2) is 3.96. The van der Waals surface area contributed by atoms with Crippen molar-refractivity contribution in [3.05, 3.63) is 30.1 Å². The maximum Gasteiger partial charge on any atom is 0.328 e. The van der Waals surface area contributed by atoms with Gasteiger partial charge in [0.1, 0.15) is 11.7 Å². The largest absolute Gasteiger partial charge is 0.467 e. The van der Waals surface area contributed by atoms with E-state index < -0.39 is 0 Å². The number of hydrogen-bond donors (Lipinski definition) is 0. The molecule has 2 rings (SSSR count). The molecule has 0 bridgehead atoms. The SMILES string of the molecule is COC(=O)C(C)n1cc(C)c2cccnc21. The van der Waals surface area contributed by atoms with Crippen molar-refractivity contribution in [2.24, 2.45) is 0 Å². The van der Waals surface area contributed by atoms with E-state index in [1.807, 2.05) is 29.8 Å². The third-order valence-corrected chi connectivity index (χ3v) is 2.75. The van der Waals surface area contributed by atoms with Gasteiger partial charge in [-0.1, -0.05) is 0 Å². The highest BCUT2D eigenvalue weighted by Gasteiger charge is 2.18. The molecule has 0 fully saturated rings. The Morgan fingerprint density at radius 1 is 1.56 bits per heavy atom. The van der Waals surface area contributed by atoms with Crippen molar-refractivity contribution in [3.63, 3.8) is 0 Å². The summed E-state index contributed by atoms with van der Waals surface area (Å²) < 4.78 is 6.58. The molecule has 0 aliphatic carbocycles. The molecule has 0 aromatic carbocycles. The maximum atomic E-state index is 11.5. The van der Waals surface area contributed by atoms with Crippen LogP contribution < -0.4 is 0 Å². The number of carbonyl (C=O) groups excluding carboxylic acids is 1. The van der Waals surface area contributed by atoms with Crippen LogP contribution in [0, 0.1) is 6.92 Å². The van der Waals surface area contributed by atoms with Gasteiger partial charge >= 0.3 is 5.97 Å². The van der Waals surface area contributed by atoms with E-state index in [4.69, 9.17) is 4.74 Å². The molecule has 1 atom stereocenters. The van der Waals surface area contributed by atoms with Crippen LogP contribution >= 0.6 is 0 Å². The van der Waals surface area contributed by atoms with E-state index in [1.54, 1.807) is 13.1 Å². The molecule has 2 aromatic rings. The minimum atomic E-state index is -0.351. The smallest absolute Gasteiger partial charge is 0.328 e. The number of esters is 1. The van der Waals surface area contributed by atoms with E-state index in [9.17, 15) is 4.79 Å². The van der Waals surface area contributed by atoms with Gasteiger partial charge in [0.05, 0.1) is 7.11 Å². The molecule has 0 spiro atoms. The Morgan fingerprint density at radius 2 is 2.31 bits per heavy atom. The number of aromatic nitrogens is 2. The van der Waals surface area contributed by atoms with E-state index >= 15 is 0 Å². The predicted octanol–water partition coefficient (Wildman–Crippen LogP) is 2.08. The molecule has 1 unspecified atom stereocenters. The van der Waals surface area contributed by atoms with Gasteiger partial charge in [0, 0.05) is 17.8 Å². The van der Waals surface area contributed by atoms with Crippen LogP contribution in [0.15, 0.2) is 24.5 Å². The summed E-state index contributed by atoms with van der Waals surface area (Å²) in [5.41, 5.74) is 1.93. The highest BCUT2D eigenvalue weighted by Crippen LogP contribution is 2.22. The molecular formula is C12H14N2O2. The quantitative estimate of drug-likeness (QED) is 0.725. The zero-order valence-corrected chi connectivity index (χ0v) is 9.60. The molecule has 2 heterocycles. The molecule has 2 aromatic heterocycles. The number of methoxy groups -OCH3 is 1. The molecule has 0 saturated carbocycles. The van der Waals surface area contributed by atoms with Gasteiger partial charge in [0.25, 0.3) is 0 Å². The fourth-order valence-electron chi connectivity index (χ4n) is 1.83. The van der Waals surface area contributed by atoms with Crippen LogP contribution in [0.4, 0.5) is 0 Å². The first-order chi connectivity index (χ1) is 7.65. The van der Waals surface area contributed by atoms with E-state index in [2.05, 4.69) is 4.98 Å². The lowest BCUT2D eigenvalue weighted by atomic mass is 10.2. The van der Waals surface area contributed by atoms with Crippen molar-refractivity contribution in [1.29, 1.82) is 0 Å². The molecule has 0 saturated heterocycles. The molecule has 4 heteroatoms. The Bertz CT molecular complexity index is 531. The number of rotatable bonds is 2. The number of hydrogen-bond acceptors (Lipinski definition) is 3. The number of ether oxygens (including phenoxy) is 1. The highest BCUT2D eigenvalue weighted by atomic mass is 16.5. The summed E-state index contributed by atoms with van der Waals surface area (Å²) in [6.45, 7) is 3.81. The summed E-state index contributed by atoms with van der Waals surface area (Å²) in [5.74, 6) is -0.262. The third-order valence-electron chi connectivity index (χ3n) is 2.75. The summed E-state index contributed by atoms with van der Waals surface area (Å²) >= 11 is 0. The molecule has 4 nitrogen and oxygen atoms in total. The molecule has 0 amide bonds. The fraction of sp³-hybridized carbons (Fsp3) is 0.333. The first-order valence-electron chi connectivity index (χ1n) is 5.15. The normalized spacial score (nSPS) is 12.7. The van der Waals surface area contributed by atoms with Crippen LogP contribution in [-0.2, 0) is 9.53 Å². The minimum absolute atomic E-state index is 0.262. The van der Waals surface area contributed by atoms with Gasteiger partial charge in [0.15, 0.2) is 0 Å². The minimum Gasteiger partial charge on any atom is -0.467 e. The highest BCUT2D eigenvalue weighted by molar-refractivity contribution is 5.83. The summed E-state index contributed by atoms with van der Waals surface area (Å²) in [6.07, 6.45) is 3.65. The van der Waals surface area contributed by atoms with Gasteiger partial charge in [0.2, 0.25) is 0 Å². The van der Waals surface area contributed by atoms with Crippen LogP contribution in [0.3, 0.4) is 0 Å². The Balaban J connectivity index is 2.57. The van der Waals surface area contributed by atoms with E-state index in [0.717, 1.165) is 16.6 Å². The van der Waals surface area contributed by atoms with Crippen molar-refractivity contribution in [1.82, 2.24) is 9.55 Å². The number of fused-ring (bicyclic) bond motifs is 1. The summed E-state index contributed by atoms with van der Waals surface area (Å²) in [5, 5.41) is 1.07. The lowest BCUT2D eigenvalue weighted by Gasteiger charge is -2.11. The second-order valence-corrected chi connectivity index (χ2v) is 3.79. The lowest BCUT2D eigenvalue weighted by Crippen LogP contribution is -2.17. The molecule has 84 valence electrons. The van der Waals surface area contributed by atoms with E-state index in [1.165, 1.54) is 7.11 Å². The van der Waals surface area contributed by atoms with Gasteiger partial charge < -0.3 is 9.30 Å². The maximum absolute atomic E-state index is 11.5. The lowest BCUT2D eigenvalue weighted by molar-refractivity contribution is -0.143. The van der Waals surface area contributed by atoms with Crippen LogP contribution in [0.1, 0.15) is 18.5 Å². The van der Waals surface area contributed by atoms with Gasteiger partial charge in [-0.3, -0.25) is 0 Å². The summed E-state index contributed by atoms with van der Waals surface area (Å²) in [4.78, 5) is 15.8. The van der Waals surface area contributed by atoms with Gasteiger partial charge in [-0.05, 0) is 31.5 Å². The van der Waals surface area contributed by atoms with Crippen molar-refractivity contribution in [2.75, 3.05) is 7.11 Å². The van der Waals surface area contributed by atoms with Crippen LogP contribution in [0.2, 0.25) is 0 Å². The fourth-order valence-corrected chi connectivity index (χ4v) is 1.83. The number of aryl methyl sites for hydroxylation is 1. The van der Waals surface area contributed by atoms with Gasteiger partial charge in [-0.25, -0.2) is 9.78 Å². The summed E-state index contributed by atoms with van der Waals surface area (Å²) in [7, 11) is 1.39. The molecule has 0 radical (unpaired) electrons. The molecule has 0 aliphatic rings. The zero-order valence-electron chi connectivity index (χ0n) is 9.60. The first kappa shape index (κ1) is 10.7. The average molecular weight is 218 g/mol. The Morgan fingerprint density at radius 3 is 3.00 bits per heavy atom. The molecular weight excluding hydrogens is 204 g/mol. The van der Waals surface area contributed by atoms with Crippen LogP contribution in [0.5, 0.6) is 0 Å². The number of pyridine rings is 1. The Labute approximate surface area is 93.9 Å². The second-order valence-electron chi connectivity index (χ2n) is 3.79. The van der Waals surface area contributed by atoms with Crippen LogP contribution in [-0.4, -0.2) is 22.6 Å². The van der Waals surface area contributed by atoms with Crippen molar-refractivity contribution >= 4 is 17.0 Å². The topological polar surface area (TPSA) is 44.1 Å². The molecule has 16 heavy (non-hydrogen) atoms. The van der Waals surface area contributed by atoms with Gasteiger partial charge in [-0.15, -0.1) is 0 Å². The van der Waals surface area contributed by atoms with Gasteiger partial charge in [-0.2, -0.15) is 0 Å². The predicted molar refractivity (Wildman–Crippen MR) is 61.2 cm³/mol. The van der Waals surface area contributed by atoms with Crippen molar-refractivity contribution in [3.8, 4) is 0 Å². The standard InChI is InChI=1S/C12H14N2O2/c1-8-7-14(9(2)12(15)16-3)11-10(8)5-4-6-13-11/h4-7,9H,1-3H3. The average Bonchev–Trinajstić information content (AvgIpc) is 2.65. The monoisotopic (exact) mass is 218 g/mol. The molecule has 0 aliphatic heterocycles. The number of carbonyl (C=O) groups is 1. The zero-order chi connectivity index (χ0) is 11.7. The molecule has 0 N–H and O–H groups in total. The van der Waals surface area contributed by atoms with E-state index in [-0.39, 0.29) is 12.0 Å². The van der Waals surface area contributed by atoms with E-state index in [0.29, 0.717) is 0 Å². The van der Waals surface area contributed by atoms with Crippen LogP contribution in [0.25, 0.3) is 11.0 Å². The Kier molecular flexibility index (Phi) is 2.64. The third kappa shape index (κ3) is 1.56. The van der Waals surface area contributed by atoms with Crippen molar-refractivity contribution in [2.45, 2.75) is 19.9 Å². The summed E-state index contributed by atoms with van der Waals surface area (Å²) in [6, 6.07) is 3.54. The Hall–Kier alpha value is -1.84.